The van der Waals surface area contributed by atoms with Crippen LogP contribution in [0.4, 0.5) is 0 Å². The van der Waals surface area contributed by atoms with E-state index in [0.717, 1.165) is 6.54 Å². The third-order valence-corrected chi connectivity index (χ3v) is 2.27. The van der Waals surface area contributed by atoms with Crippen LogP contribution in [-0.2, 0) is 4.79 Å². The number of hydrogen-bond donors (Lipinski definition) is 3. The highest BCUT2D eigenvalue weighted by atomic mass is 16.4. The van der Waals surface area contributed by atoms with E-state index in [1.165, 1.54) is 0 Å². The molecule has 0 aromatic rings. The Labute approximate surface area is 72.3 Å². The highest BCUT2D eigenvalue weighted by molar-refractivity contribution is 5.73. The minimum Gasteiger partial charge on any atom is -0.480 e. The van der Waals surface area contributed by atoms with Gasteiger partial charge in [-0.2, -0.15) is 0 Å². The average Bonchev–Trinajstić information content (AvgIpc) is 2.04. The molecule has 1 aliphatic rings. The molecule has 0 saturated carbocycles. The molecule has 1 aliphatic heterocycles. The van der Waals surface area contributed by atoms with E-state index in [-0.39, 0.29) is 0 Å². The minimum absolute atomic E-state index is 0.403. The Morgan fingerprint density at radius 3 is 2.42 bits per heavy atom. The Morgan fingerprint density at radius 2 is 2.08 bits per heavy atom. The van der Waals surface area contributed by atoms with Gasteiger partial charge in [0.15, 0.2) is 0 Å². The van der Waals surface area contributed by atoms with E-state index in [1.807, 2.05) is 0 Å². The van der Waals surface area contributed by atoms with Crippen LogP contribution in [-0.4, -0.2) is 36.2 Å². The van der Waals surface area contributed by atoms with E-state index >= 15 is 0 Å². The first-order valence-corrected chi connectivity index (χ1v) is 4.31. The van der Waals surface area contributed by atoms with E-state index in [4.69, 9.17) is 5.11 Å². The predicted molar refractivity (Wildman–Crippen MR) is 46.1 cm³/mol. The molecule has 4 nitrogen and oxygen atoms in total. The molecular formula is C8H16N2O2. The van der Waals surface area contributed by atoms with Gasteiger partial charge in [-0.3, -0.25) is 4.79 Å². The number of carbonyl (C=O) groups is 1. The van der Waals surface area contributed by atoms with Crippen LogP contribution in [0, 0.1) is 5.92 Å². The quantitative estimate of drug-likeness (QED) is 0.533. The number of aliphatic carboxylic acids is 1. The van der Waals surface area contributed by atoms with Gasteiger partial charge in [-0.05, 0) is 5.92 Å². The zero-order valence-corrected chi connectivity index (χ0v) is 7.50. The highest BCUT2D eigenvalue weighted by Crippen LogP contribution is 2.04. The Kier molecular flexibility index (Phi) is 3.05. The Bertz CT molecular complexity index is 162. The van der Waals surface area contributed by atoms with Gasteiger partial charge in [0.25, 0.3) is 0 Å². The van der Waals surface area contributed by atoms with Crippen molar-refractivity contribution < 1.29 is 9.90 Å². The molecule has 70 valence electrons. The molecule has 1 fully saturated rings. The summed E-state index contributed by atoms with van der Waals surface area (Å²) >= 11 is 0. The van der Waals surface area contributed by atoms with Crippen LogP contribution in [0.15, 0.2) is 0 Å². The maximum Gasteiger partial charge on any atom is 0.322 e. The fraction of sp³-hybridized carbons (Fsp3) is 0.875. The molecule has 0 radical (unpaired) electrons. The molecule has 0 amide bonds. The van der Waals surface area contributed by atoms with Crippen molar-refractivity contribution in [2.24, 2.45) is 5.92 Å². The molecule has 1 heterocycles. The van der Waals surface area contributed by atoms with E-state index in [9.17, 15) is 4.79 Å². The number of nitrogens with one attached hydrogen (secondary N) is 2. The number of carboxylic acid groups (broad SMARTS) is 1. The fourth-order valence-corrected chi connectivity index (χ4v) is 1.33. The van der Waals surface area contributed by atoms with Gasteiger partial charge in [-0.1, -0.05) is 13.8 Å². The second-order valence-corrected chi connectivity index (χ2v) is 3.56. The Hall–Kier alpha value is -0.610. The van der Waals surface area contributed by atoms with E-state index in [1.54, 1.807) is 0 Å². The molecule has 0 aromatic carbocycles. The summed E-state index contributed by atoms with van der Waals surface area (Å²) in [7, 11) is 0. The molecule has 0 spiro atoms. The van der Waals surface area contributed by atoms with Crippen LogP contribution in [0.3, 0.4) is 0 Å². The molecule has 0 aromatic heterocycles. The number of rotatable bonds is 2. The van der Waals surface area contributed by atoms with Gasteiger partial charge in [0.1, 0.15) is 6.04 Å². The molecule has 1 saturated heterocycles. The number of piperazine rings is 1. The van der Waals surface area contributed by atoms with Crippen molar-refractivity contribution >= 4 is 5.97 Å². The summed E-state index contributed by atoms with van der Waals surface area (Å²) in [5, 5.41) is 14.9. The van der Waals surface area contributed by atoms with Crippen molar-refractivity contribution in [3.05, 3.63) is 0 Å². The smallest absolute Gasteiger partial charge is 0.322 e. The van der Waals surface area contributed by atoms with Crippen molar-refractivity contribution in [2.45, 2.75) is 25.9 Å². The topological polar surface area (TPSA) is 61.4 Å². The third kappa shape index (κ3) is 2.19. The standard InChI is InChI=1S/C8H16N2O2/c1-5(2)6-3-10-7(4-9-6)8(11)12/h5-7,9-10H,3-4H2,1-2H3,(H,11,12)/t6-,7+/m1/s1. The molecular weight excluding hydrogens is 156 g/mol. The number of carboxylic acids is 1. The summed E-state index contributed by atoms with van der Waals surface area (Å²) in [6, 6.07) is -0.0133. The van der Waals surface area contributed by atoms with Crippen molar-refractivity contribution in [2.75, 3.05) is 13.1 Å². The molecule has 3 N–H and O–H groups in total. The van der Waals surface area contributed by atoms with E-state index in [0.29, 0.717) is 18.5 Å². The lowest BCUT2D eigenvalue weighted by molar-refractivity contribution is -0.139. The summed E-state index contributed by atoms with van der Waals surface area (Å²) in [4.78, 5) is 10.5. The molecule has 4 heteroatoms. The van der Waals surface area contributed by atoms with Gasteiger partial charge in [-0.15, -0.1) is 0 Å². The molecule has 0 unspecified atom stereocenters. The van der Waals surface area contributed by atoms with Crippen LogP contribution in [0.5, 0.6) is 0 Å². The molecule has 12 heavy (non-hydrogen) atoms. The Morgan fingerprint density at radius 1 is 1.42 bits per heavy atom. The molecule has 1 rings (SSSR count). The lowest BCUT2D eigenvalue weighted by Crippen LogP contribution is -2.58. The maximum atomic E-state index is 10.5. The molecule has 2 atom stereocenters. The van der Waals surface area contributed by atoms with Crippen LogP contribution in [0.25, 0.3) is 0 Å². The normalized spacial score (nSPS) is 30.6. The first-order chi connectivity index (χ1) is 5.61. The summed E-state index contributed by atoms with van der Waals surface area (Å²) in [5.41, 5.74) is 0. The van der Waals surface area contributed by atoms with E-state index in [2.05, 4.69) is 24.5 Å². The zero-order valence-electron chi connectivity index (χ0n) is 7.50. The summed E-state index contributed by atoms with van der Waals surface area (Å²) in [6.45, 7) is 5.52. The van der Waals surface area contributed by atoms with Crippen LogP contribution in [0.1, 0.15) is 13.8 Å². The second kappa shape index (κ2) is 3.87. The van der Waals surface area contributed by atoms with Crippen molar-refractivity contribution in [3.8, 4) is 0 Å². The summed E-state index contributed by atoms with van der Waals surface area (Å²) in [5.74, 6) is -0.225. The second-order valence-electron chi connectivity index (χ2n) is 3.56. The summed E-state index contributed by atoms with van der Waals surface area (Å²) < 4.78 is 0. The maximum absolute atomic E-state index is 10.5. The van der Waals surface area contributed by atoms with Crippen molar-refractivity contribution in [3.63, 3.8) is 0 Å². The van der Waals surface area contributed by atoms with Crippen LogP contribution in [0.2, 0.25) is 0 Å². The number of hydrogen-bond acceptors (Lipinski definition) is 3. The third-order valence-electron chi connectivity index (χ3n) is 2.27. The SMILES string of the molecule is CC(C)[C@H]1CN[C@H](C(=O)O)CN1. The first-order valence-electron chi connectivity index (χ1n) is 4.31. The summed E-state index contributed by atoms with van der Waals surface area (Å²) in [6.07, 6.45) is 0. The molecule has 0 aliphatic carbocycles. The van der Waals surface area contributed by atoms with E-state index < -0.39 is 12.0 Å². The van der Waals surface area contributed by atoms with Gasteiger partial charge >= 0.3 is 5.97 Å². The highest BCUT2D eigenvalue weighted by Gasteiger charge is 2.25. The van der Waals surface area contributed by atoms with Gasteiger partial charge in [0, 0.05) is 19.1 Å². The average molecular weight is 172 g/mol. The zero-order chi connectivity index (χ0) is 9.14. The predicted octanol–water partition coefficient (Wildman–Crippen LogP) is -0.343. The van der Waals surface area contributed by atoms with Crippen LogP contribution >= 0.6 is 0 Å². The van der Waals surface area contributed by atoms with Crippen LogP contribution < -0.4 is 10.6 Å². The lowest BCUT2D eigenvalue weighted by Gasteiger charge is -2.31. The van der Waals surface area contributed by atoms with Gasteiger partial charge in [0.05, 0.1) is 0 Å². The van der Waals surface area contributed by atoms with Crippen molar-refractivity contribution in [1.82, 2.24) is 10.6 Å². The lowest BCUT2D eigenvalue weighted by atomic mass is 10.0. The largest absolute Gasteiger partial charge is 0.480 e. The minimum atomic E-state index is -0.773. The molecule has 0 bridgehead atoms. The monoisotopic (exact) mass is 172 g/mol. The first kappa shape index (κ1) is 9.48. The van der Waals surface area contributed by atoms with Gasteiger partial charge in [0.2, 0.25) is 0 Å². The van der Waals surface area contributed by atoms with Gasteiger partial charge in [-0.25, -0.2) is 0 Å². The van der Waals surface area contributed by atoms with Crippen molar-refractivity contribution in [1.29, 1.82) is 0 Å². The Balaban J connectivity index is 2.34. The fourth-order valence-electron chi connectivity index (χ4n) is 1.33. The van der Waals surface area contributed by atoms with Gasteiger partial charge < -0.3 is 15.7 Å².